The van der Waals surface area contributed by atoms with E-state index in [1.165, 1.54) is 12.5 Å². The molecule has 3 rings (SSSR count). The number of para-hydroxylation sites is 1. The average Bonchev–Trinajstić information content (AvgIpc) is 3.55. The Balaban J connectivity index is 1.66. The zero-order chi connectivity index (χ0) is 27.7. The lowest BCUT2D eigenvalue weighted by Crippen LogP contribution is -2.54. The highest BCUT2D eigenvalue weighted by Crippen LogP contribution is 2.19. The summed E-state index contributed by atoms with van der Waals surface area (Å²) >= 11 is 0. The number of hydrogen-bond acceptors (Lipinski definition) is 7. The van der Waals surface area contributed by atoms with Gasteiger partial charge < -0.3 is 41.9 Å². The summed E-state index contributed by atoms with van der Waals surface area (Å²) in [5.74, 6) is -4.55. The fourth-order valence-electron chi connectivity index (χ4n) is 3.77. The summed E-state index contributed by atoms with van der Waals surface area (Å²) in [5.41, 5.74) is 7.84. The maximum Gasteiger partial charge on any atom is 0.326 e. The second kappa shape index (κ2) is 13.0. The topological polar surface area (TPSA) is 232 Å². The minimum atomic E-state index is -1.26. The third-order valence-corrected chi connectivity index (χ3v) is 5.77. The van der Waals surface area contributed by atoms with Gasteiger partial charge in [-0.2, -0.15) is 0 Å². The van der Waals surface area contributed by atoms with Crippen LogP contribution in [0.3, 0.4) is 0 Å². The number of nitrogens with zero attached hydrogens (tertiary/aromatic N) is 1. The quantitative estimate of drug-likeness (QED) is 0.129. The Bertz CT molecular complexity index is 1290. The molecule has 3 atom stereocenters. The van der Waals surface area contributed by atoms with Gasteiger partial charge in [0.25, 0.3) is 0 Å². The molecule has 9 N–H and O–H groups in total. The van der Waals surface area contributed by atoms with E-state index in [-0.39, 0.29) is 25.7 Å². The first-order valence-corrected chi connectivity index (χ1v) is 11.7. The Kier molecular flexibility index (Phi) is 9.54. The smallest absolute Gasteiger partial charge is 0.326 e. The molecule has 0 saturated carbocycles. The lowest BCUT2D eigenvalue weighted by molar-refractivity contribution is -0.141. The number of amides is 3. The van der Waals surface area contributed by atoms with E-state index in [0.717, 1.165) is 16.5 Å². The Morgan fingerprint density at radius 3 is 2.42 bits per heavy atom. The molecule has 0 bridgehead atoms. The van der Waals surface area contributed by atoms with Crippen LogP contribution in [0.15, 0.2) is 43.0 Å². The number of aromatic nitrogens is 3. The van der Waals surface area contributed by atoms with Gasteiger partial charge in [0, 0.05) is 48.3 Å². The number of hydrogen-bond donors (Lipinski definition) is 8. The second-order valence-electron chi connectivity index (χ2n) is 8.62. The summed E-state index contributed by atoms with van der Waals surface area (Å²) < 4.78 is 0. The maximum absolute atomic E-state index is 13.0. The molecule has 14 nitrogen and oxygen atoms in total. The molecule has 38 heavy (non-hydrogen) atoms. The number of benzene rings is 1. The van der Waals surface area contributed by atoms with Crippen LogP contribution >= 0.6 is 0 Å². The molecule has 0 radical (unpaired) electrons. The zero-order valence-corrected chi connectivity index (χ0v) is 20.3. The van der Waals surface area contributed by atoms with Crippen molar-refractivity contribution in [2.45, 2.75) is 43.8 Å². The predicted molar refractivity (Wildman–Crippen MR) is 134 cm³/mol. The van der Waals surface area contributed by atoms with Crippen molar-refractivity contribution in [3.63, 3.8) is 0 Å². The van der Waals surface area contributed by atoms with Gasteiger partial charge in [-0.05, 0) is 18.1 Å². The number of aliphatic carboxylic acids is 2. The molecule has 3 unspecified atom stereocenters. The standard InChI is InChI=1S/C24H29N7O7/c25-16(5-6-21(33)34)22(35)31-18(7-13-9-27-17-4-2-1-3-15(13)17)23(36)28-11-20(32)30-19(24(37)38)8-14-10-26-12-29-14/h1-4,9-10,12,16,18-19,27H,5-8,11,25H2,(H,26,29)(H,28,36)(H,30,32)(H,31,35)(H,33,34)(H,37,38). The van der Waals surface area contributed by atoms with Gasteiger partial charge in [-0.1, -0.05) is 18.2 Å². The summed E-state index contributed by atoms with van der Waals surface area (Å²) in [4.78, 5) is 70.0. The van der Waals surface area contributed by atoms with E-state index >= 15 is 0 Å². The molecule has 0 fully saturated rings. The molecule has 202 valence electrons. The summed E-state index contributed by atoms with van der Waals surface area (Å²) in [6, 6.07) is 3.79. The maximum atomic E-state index is 13.0. The monoisotopic (exact) mass is 527 g/mol. The molecule has 0 aliphatic rings. The van der Waals surface area contributed by atoms with E-state index < -0.39 is 54.3 Å². The number of carboxylic acid groups (broad SMARTS) is 2. The Morgan fingerprint density at radius 2 is 1.74 bits per heavy atom. The van der Waals surface area contributed by atoms with Crippen LogP contribution in [0.2, 0.25) is 0 Å². The first-order valence-electron chi connectivity index (χ1n) is 11.7. The van der Waals surface area contributed by atoms with E-state index in [1.54, 1.807) is 6.20 Å². The number of carboxylic acids is 2. The molecule has 3 aromatic rings. The summed E-state index contributed by atoms with van der Waals surface area (Å²) in [7, 11) is 0. The number of fused-ring (bicyclic) bond motifs is 1. The number of nitrogens with one attached hydrogen (secondary N) is 5. The van der Waals surface area contributed by atoms with E-state index in [0.29, 0.717) is 5.69 Å². The van der Waals surface area contributed by atoms with Crippen LogP contribution in [0.1, 0.15) is 24.1 Å². The molecule has 3 amide bonds. The van der Waals surface area contributed by atoms with Crippen molar-refractivity contribution in [1.82, 2.24) is 30.9 Å². The van der Waals surface area contributed by atoms with E-state index in [2.05, 4.69) is 30.9 Å². The molecule has 1 aromatic carbocycles. The van der Waals surface area contributed by atoms with Crippen LogP contribution < -0.4 is 21.7 Å². The highest BCUT2D eigenvalue weighted by molar-refractivity contribution is 5.93. The predicted octanol–water partition coefficient (Wildman–Crippen LogP) is -0.961. The van der Waals surface area contributed by atoms with Gasteiger partial charge in [-0.25, -0.2) is 9.78 Å². The van der Waals surface area contributed by atoms with Crippen molar-refractivity contribution >= 4 is 40.6 Å². The zero-order valence-electron chi connectivity index (χ0n) is 20.3. The SMILES string of the molecule is NC(CCC(=O)O)C(=O)NC(Cc1c[nH]c2ccccc12)C(=O)NCC(=O)NC(Cc1cnc[nH]1)C(=O)O. The van der Waals surface area contributed by atoms with Gasteiger partial charge in [0.15, 0.2) is 0 Å². The van der Waals surface area contributed by atoms with Gasteiger partial charge in [0.1, 0.15) is 12.1 Å². The van der Waals surface area contributed by atoms with E-state index in [1.807, 2.05) is 24.3 Å². The minimum Gasteiger partial charge on any atom is -0.481 e. The number of rotatable bonds is 14. The van der Waals surface area contributed by atoms with Crippen LogP contribution in [0, 0.1) is 0 Å². The molecule has 0 spiro atoms. The van der Waals surface area contributed by atoms with Gasteiger partial charge in [-0.3, -0.25) is 19.2 Å². The average molecular weight is 528 g/mol. The summed E-state index contributed by atoms with van der Waals surface area (Å²) in [6.45, 7) is -0.545. The van der Waals surface area contributed by atoms with Crippen molar-refractivity contribution in [2.24, 2.45) is 5.73 Å². The fourth-order valence-corrected chi connectivity index (χ4v) is 3.77. The molecular weight excluding hydrogens is 498 g/mol. The van der Waals surface area contributed by atoms with E-state index in [9.17, 15) is 29.1 Å². The third-order valence-electron chi connectivity index (χ3n) is 5.77. The number of aromatic amines is 2. The van der Waals surface area contributed by atoms with Crippen LogP contribution in [0.5, 0.6) is 0 Å². The van der Waals surface area contributed by atoms with Gasteiger partial charge in [-0.15, -0.1) is 0 Å². The highest BCUT2D eigenvalue weighted by Gasteiger charge is 2.27. The highest BCUT2D eigenvalue weighted by atomic mass is 16.4. The largest absolute Gasteiger partial charge is 0.481 e. The second-order valence-corrected chi connectivity index (χ2v) is 8.62. The summed E-state index contributed by atoms with van der Waals surface area (Å²) in [6.07, 6.45) is 4.07. The van der Waals surface area contributed by atoms with Crippen molar-refractivity contribution in [3.05, 3.63) is 54.2 Å². The molecule has 0 aliphatic carbocycles. The number of nitrogens with two attached hydrogens (primary N) is 1. The number of carbonyl (C=O) groups excluding carboxylic acids is 3. The first kappa shape index (κ1) is 27.9. The minimum absolute atomic E-state index is 0.0392. The van der Waals surface area contributed by atoms with Crippen LogP contribution in [-0.4, -0.2) is 79.5 Å². The fraction of sp³-hybridized carbons (Fsp3) is 0.333. The van der Waals surface area contributed by atoms with Crippen molar-refractivity contribution in [3.8, 4) is 0 Å². The normalized spacial score (nSPS) is 13.3. The lowest BCUT2D eigenvalue weighted by Gasteiger charge is -2.21. The number of imidazole rings is 1. The number of H-pyrrole nitrogens is 2. The number of carbonyl (C=O) groups is 5. The van der Waals surface area contributed by atoms with Gasteiger partial charge in [0.2, 0.25) is 17.7 Å². The van der Waals surface area contributed by atoms with Crippen LogP contribution in [0.4, 0.5) is 0 Å². The van der Waals surface area contributed by atoms with Crippen LogP contribution in [0.25, 0.3) is 10.9 Å². The third kappa shape index (κ3) is 7.89. The van der Waals surface area contributed by atoms with Gasteiger partial charge in [0.05, 0.1) is 18.9 Å². The Morgan fingerprint density at radius 1 is 0.974 bits per heavy atom. The molecule has 0 saturated heterocycles. The summed E-state index contributed by atoms with van der Waals surface area (Å²) in [5, 5.41) is 26.4. The van der Waals surface area contributed by atoms with Crippen molar-refractivity contribution in [2.75, 3.05) is 6.54 Å². The lowest BCUT2D eigenvalue weighted by atomic mass is 10.0. The molecule has 0 aliphatic heterocycles. The molecule has 14 heteroatoms. The first-order chi connectivity index (χ1) is 18.1. The Labute approximate surface area is 216 Å². The van der Waals surface area contributed by atoms with Crippen LogP contribution in [-0.2, 0) is 36.8 Å². The molecule has 2 aromatic heterocycles. The molecule has 2 heterocycles. The van der Waals surface area contributed by atoms with Gasteiger partial charge >= 0.3 is 11.9 Å². The van der Waals surface area contributed by atoms with Crippen molar-refractivity contribution < 1.29 is 34.2 Å². The van der Waals surface area contributed by atoms with Crippen molar-refractivity contribution in [1.29, 1.82) is 0 Å². The Hall–Kier alpha value is -4.72. The molecular formula is C24H29N7O7. The van der Waals surface area contributed by atoms with E-state index in [4.69, 9.17) is 10.8 Å².